The van der Waals surface area contributed by atoms with E-state index < -0.39 is 17.5 Å². The van der Waals surface area contributed by atoms with Crippen molar-refractivity contribution in [2.75, 3.05) is 0 Å². The summed E-state index contributed by atoms with van der Waals surface area (Å²) in [5, 5.41) is 5.06. The van der Waals surface area contributed by atoms with Crippen LogP contribution in [-0.4, -0.2) is 22.6 Å². The Kier molecular flexibility index (Phi) is 5.20. The molecule has 7 heteroatoms. The quantitative estimate of drug-likeness (QED) is 0.589. The van der Waals surface area contributed by atoms with Gasteiger partial charge in [0.1, 0.15) is 11.9 Å². The number of ether oxygens (including phenoxy) is 1. The smallest absolute Gasteiger partial charge is 0.322 e. The molecule has 1 aliphatic heterocycles. The number of aromatic nitrogens is 1. The maximum absolute atomic E-state index is 12.9. The number of imide groups is 1. The number of benzene rings is 1. The normalized spacial score (nSPS) is 23.2. The number of pyridine rings is 1. The number of carbonyl (C=O) groups excluding carboxylic acids is 2. The standard InChI is InChI=1S/C23H25N3O4/c1-15-7-6-12-26(20(15)27)14-23(21(28)24-22(29)25-23)17-10-11-19(16(2)13-17)30-18-8-4-3-5-9-18/h4,6-8,10-13,18H,3,5,9,14H2,1-2H3,(H2,24,25,28,29). The number of rotatable bonds is 5. The van der Waals surface area contributed by atoms with Crippen LogP contribution < -0.4 is 20.9 Å². The first-order valence-corrected chi connectivity index (χ1v) is 10.1. The summed E-state index contributed by atoms with van der Waals surface area (Å²) in [5.74, 6) is 0.257. The van der Waals surface area contributed by atoms with Crippen molar-refractivity contribution in [3.63, 3.8) is 0 Å². The highest BCUT2D eigenvalue weighted by Crippen LogP contribution is 2.31. The molecule has 0 spiro atoms. The van der Waals surface area contributed by atoms with Crippen molar-refractivity contribution in [3.8, 4) is 5.75 Å². The van der Waals surface area contributed by atoms with E-state index in [1.807, 2.05) is 19.1 Å². The summed E-state index contributed by atoms with van der Waals surface area (Å²) in [6.45, 7) is 3.62. The maximum Gasteiger partial charge on any atom is 0.322 e. The lowest BCUT2D eigenvalue weighted by molar-refractivity contribution is -0.124. The van der Waals surface area contributed by atoms with Crippen LogP contribution in [0.5, 0.6) is 5.75 Å². The average molecular weight is 407 g/mol. The van der Waals surface area contributed by atoms with Crippen molar-refractivity contribution in [3.05, 3.63) is 75.7 Å². The summed E-state index contributed by atoms with van der Waals surface area (Å²) in [6.07, 6.45) is 9.01. The van der Waals surface area contributed by atoms with Gasteiger partial charge in [0, 0.05) is 11.8 Å². The monoisotopic (exact) mass is 407 g/mol. The lowest BCUT2D eigenvalue weighted by Crippen LogP contribution is -2.49. The van der Waals surface area contributed by atoms with Crippen molar-refractivity contribution < 1.29 is 14.3 Å². The average Bonchev–Trinajstić information content (AvgIpc) is 3.01. The number of carbonyl (C=O) groups is 2. The van der Waals surface area contributed by atoms with Gasteiger partial charge in [-0.15, -0.1) is 0 Å². The molecule has 1 fully saturated rings. The number of hydrogen-bond acceptors (Lipinski definition) is 4. The molecule has 1 saturated heterocycles. The van der Waals surface area contributed by atoms with Gasteiger partial charge in [0.15, 0.2) is 5.54 Å². The summed E-state index contributed by atoms with van der Waals surface area (Å²) in [4.78, 5) is 37.5. The highest BCUT2D eigenvalue weighted by Gasteiger charge is 2.48. The Bertz CT molecular complexity index is 1090. The minimum Gasteiger partial charge on any atom is -0.486 e. The lowest BCUT2D eigenvalue weighted by atomic mass is 9.88. The second kappa shape index (κ2) is 7.82. The van der Waals surface area contributed by atoms with Gasteiger partial charge in [0.25, 0.3) is 11.5 Å². The largest absolute Gasteiger partial charge is 0.486 e. The van der Waals surface area contributed by atoms with Crippen LogP contribution >= 0.6 is 0 Å². The summed E-state index contributed by atoms with van der Waals surface area (Å²) < 4.78 is 7.56. The second-order valence-corrected chi connectivity index (χ2v) is 7.93. The van der Waals surface area contributed by atoms with Gasteiger partial charge in [-0.2, -0.15) is 0 Å². The molecule has 2 heterocycles. The van der Waals surface area contributed by atoms with Crippen LogP contribution in [0.1, 0.15) is 36.0 Å². The second-order valence-electron chi connectivity index (χ2n) is 7.93. The minimum absolute atomic E-state index is 0.00388. The van der Waals surface area contributed by atoms with E-state index in [2.05, 4.69) is 22.8 Å². The van der Waals surface area contributed by atoms with Gasteiger partial charge in [-0.3, -0.25) is 14.9 Å². The zero-order chi connectivity index (χ0) is 21.3. The van der Waals surface area contributed by atoms with Gasteiger partial charge in [-0.1, -0.05) is 18.2 Å². The molecule has 0 bridgehead atoms. The Morgan fingerprint density at radius 2 is 2.00 bits per heavy atom. The topological polar surface area (TPSA) is 89.4 Å². The first-order valence-electron chi connectivity index (χ1n) is 10.1. The van der Waals surface area contributed by atoms with E-state index in [4.69, 9.17) is 4.74 Å². The van der Waals surface area contributed by atoms with E-state index >= 15 is 0 Å². The molecule has 2 N–H and O–H groups in total. The van der Waals surface area contributed by atoms with Gasteiger partial charge >= 0.3 is 6.03 Å². The number of nitrogens with zero attached hydrogens (tertiary/aromatic N) is 1. The molecule has 0 saturated carbocycles. The van der Waals surface area contributed by atoms with Crippen molar-refractivity contribution in [1.29, 1.82) is 0 Å². The van der Waals surface area contributed by atoms with Crippen LogP contribution in [0.3, 0.4) is 0 Å². The zero-order valence-corrected chi connectivity index (χ0v) is 17.1. The van der Waals surface area contributed by atoms with Crippen LogP contribution in [0, 0.1) is 13.8 Å². The van der Waals surface area contributed by atoms with Crippen LogP contribution in [0.4, 0.5) is 4.79 Å². The summed E-state index contributed by atoms with van der Waals surface area (Å²) >= 11 is 0. The van der Waals surface area contributed by atoms with Gasteiger partial charge < -0.3 is 14.6 Å². The SMILES string of the molecule is Cc1cc(C2(Cn3cccc(C)c3=O)NC(=O)NC2=O)ccc1OC1C=CCCC1. The van der Waals surface area contributed by atoms with E-state index in [9.17, 15) is 14.4 Å². The van der Waals surface area contributed by atoms with Crippen LogP contribution in [0.15, 0.2) is 53.5 Å². The highest BCUT2D eigenvalue weighted by atomic mass is 16.5. The Balaban J connectivity index is 1.70. The first-order chi connectivity index (χ1) is 14.4. The molecular weight excluding hydrogens is 382 g/mol. The summed E-state index contributed by atoms with van der Waals surface area (Å²) in [7, 11) is 0. The Labute approximate surface area is 174 Å². The molecule has 0 radical (unpaired) electrons. The van der Waals surface area contributed by atoms with E-state index in [0.29, 0.717) is 11.1 Å². The Morgan fingerprint density at radius 3 is 2.67 bits per heavy atom. The van der Waals surface area contributed by atoms with Crippen molar-refractivity contribution in [1.82, 2.24) is 15.2 Å². The van der Waals surface area contributed by atoms with E-state index in [1.54, 1.807) is 31.3 Å². The van der Waals surface area contributed by atoms with Crippen molar-refractivity contribution in [2.45, 2.75) is 51.3 Å². The fraction of sp³-hybridized carbons (Fsp3) is 0.348. The molecule has 156 valence electrons. The zero-order valence-electron chi connectivity index (χ0n) is 17.1. The van der Waals surface area contributed by atoms with Crippen molar-refractivity contribution in [2.24, 2.45) is 0 Å². The van der Waals surface area contributed by atoms with Gasteiger partial charge in [0.2, 0.25) is 0 Å². The number of amides is 3. The fourth-order valence-corrected chi connectivity index (χ4v) is 4.02. The molecule has 1 aliphatic carbocycles. The maximum atomic E-state index is 12.9. The number of nitrogens with one attached hydrogen (secondary N) is 2. The fourth-order valence-electron chi connectivity index (χ4n) is 4.02. The van der Waals surface area contributed by atoms with E-state index in [0.717, 1.165) is 30.6 Å². The van der Waals surface area contributed by atoms with E-state index in [-0.39, 0.29) is 18.2 Å². The van der Waals surface area contributed by atoms with Crippen molar-refractivity contribution >= 4 is 11.9 Å². The third kappa shape index (κ3) is 3.63. The lowest BCUT2D eigenvalue weighted by Gasteiger charge is -2.28. The van der Waals surface area contributed by atoms with Crippen LogP contribution in [0.2, 0.25) is 0 Å². The molecule has 1 aromatic heterocycles. The number of hydrogen-bond donors (Lipinski definition) is 2. The third-order valence-electron chi connectivity index (χ3n) is 5.72. The predicted octanol–water partition coefficient (Wildman–Crippen LogP) is 2.69. The van der Waals surface area contributed by atoms with Crippen LogP contribution in [0.25, 0.3) is 0 Å². The van der Waals surface area contributed by atoms with Gasteiger partial charge in [0.05, 0.1) is 6.54 Å². The Morgan fingerprint density at radius 1 is 1.17 bits per heavy atom. The molecule has 2 unspecified atom stereocenters. The highest BCUT2D eigenvalue weighted by molar-refractivity contribution is 6.07. The first kappa shape index (κ1) is 19.9. The molecule has 7 nitrogen and oxygen atoms in total. The van der Waals surface area contributed by atoms with Crippen LogP contribution in [-0.2, 0) is 16.9 Å². The molecule has 2 atom stereocenters. The molecule has 4 rings (SSSR count). The third-order valence-corrected chi connectivity index (χ3v) is 5.72. The molecule has 30 heavy (non-hydrogen) atoms. The van der Waals surface area contributed by atoms with Gasteiger partial charge in [-0.05, 0) is 68.5 Å². The van der Waals surface area contributed by atoms with Gasteiger partial charge in [-0.25, -0.2) is 4.79 Å². The number of aryl methyl sites for hydroxylation is 2. The molecule has 2 aromatic rings. The van der Waals surface area contributed by atoms with E-state index in [1.165, 1.54) is 4.57 Å². The number of allylic oxidation sites excluding steroid dienone is 1. The summed E-state index contributed by atoms with van der Waals surface area (Å²) in [5.41, 5.74) is 0.451. The number of urea groups is 1. The predicted molar refractivity (Wildman–Crippen MR) is 112 cm³/mol. The Hall–Kier alpha value is -3.35. The molecule has 2 aliphatic rings. The molecule has 1 aromatic carbocycles. The summed E-state index contributed by atoms with van der Waals surface area (Å²) in [6, 6.07) is 8.33. The molecule has 3 amide bonds. The molecular formula is C23H25N3O4. The minimum atomic E-state index is -1.37.